The summed E-state index contributed by atoms with van der Waals surface area (Å²) in [5.74, 6) is 0. The number of urea groups is 1. The van der Waals surface area contributed by atoms with E-state index in [1.807, 2.05) is 60.7 Å². The van der Waals surface area contributed by atoms with Gasteiger partial charge in [-0.2, -0.15) is 5.10 Å². The third-order valence-electron chi connectivity index (χ3n) is 3.84. The van der Waals surface area contributed by atoms with Crippen molar-refractivity contribution in [1.82, 2.24) is 15.1 Å². The fraction of sp³-hybridized carbons (Fsp3) is 0.158. The molecule has 2 N–H and O–H groups in total. The average Bonchev–Trinajstić information content (AvgIpc) is 3.08. The predicted octanol–water partition coefficient (Wildman–Crippen LogP) is 3.00. The van der Waals surface area contributed by atoms with E-state index in [9.17, 15) is 9.90 Å². The van der Waals surface area contributed by atoms with Crippen LogP contribution < -0.4 is 10.2 Å². The number of aliphatic hydroxyl groups excluding tert-OH is 1. The van der Waals surface area contributed by atoms with Crippen LogP contribution in [0.3, 0.4) is 0 Å². The lowest BCUT2D eigenvalue weighted by Gasteiger charge is -2.26. The molecule has 2 aromatic carbocycles. The Balaban J connectivity index is 1.89. The van der Waals surface area contributed by atoms with E-state index in [4.69, 9.17) is 0 Å². The van der Waals surface area contributed by atoms with Gasteiger partial charge in [0.25, 0.3) is 0 Å². The van der Waals surface area contributed by atoms with E-state index in [1.54, 1.807) is 29.0 Å². The van der Waals surface area contributed by atoms with Crippen LogP contribution in [0.25, 0.3) is 0 Å². The van der Waals surface area contributed by atoms with Crippen molar-refractivity contribution in [1.29, 1.82) is 0 Å². The molecule has 1 heterocycles. The zero-order valence-corrected chi connectivity index (χ0v) is 13.9. The second kappa shape index (κ2) is 7.63. The molecule has 1 aromatic heterocycles. The number of nitrogens with one attached hydrogen (secondary N) is 1. The topological polar surface area (TPSA) is 70.4 Å². The summed E-state index contributed by atoms with van der Waals surface area (Å²) in [7, 11) is 1.79. The van der Waals surface area contributed by atoms with Crippen LogP contribution in [0.4, 0.5) is 16.2 Å². The Bertz CT molecular complexity index is 778. The molecule has 0 fully saturated rings. The van der Waals surface area contributed by atoms with Crippen molar-refractivity contribution < 1.29 is 9.90 Å². The summed E-state index contributed by atoms with van der Waals surface area (Å²) in [4.78, 5) is 14.6. The van der Waals surface area contributed by atoms with Gasteiger partial charge in [-0.05, 0) is 24.3 Å². The van der Waals surface area contributed by atoms with Crippen molar-refractivity contribution in [2.75, 3.05) is 11.5 Å². The van der Waals surface area contributed by atoms with E-state index in [-0.39, 0.29) is 12.6 Å². The van der Waals surface area contributed by atoms with Crippen LogP contribution in [0.1, 0.15) is 11.6 Å². The van der Waals surface area contributed by atoms with Gasteiger partial charge in [-0.1, -0.05) is 36.4 Å². The fourth-order valence-corrected chi connectivity index (χ4v) is 2.61. The van der Waals surface area contributed by atoms with Crippen LogP contribution in [0.5, 0.6) is 0 Å². The number of rotatable bonds is 5. The first-order valence-electron chi connectivity index (χ1n) is 7.99. The van der Waals surface area contributed by atoms with Crippen LogP contribution in [-0.4, -0.2) is 27.5 Å². The summed E-state index contributed by atoms with van der Waals surface area (Å²) in [5.41, 5.74) is 2.24. The Morgan fingerprint density at radius 2 is 1.68 bits per heavy atom. The van der Waals surface area contributed by atoms with Gasteiger partial charge in [-0.3, -0.25) is 9.58 Å². The number of hydrogen-bond donors (Lipinski definition) is 2. The first-order valence-corrected chi connectivity index (χ1v) is 7.99. The fourth-order valence-electron chi connectivity index (χ4n) is 2.61. The zero-order chi connectivity index (χ0) is 17.6. The molecule has 0 saturated carbocycles. The van der Waals surface area contributed by atoms with E-state index in [2.05, 4.69) is 10.4 Å². The molecule has 128 valence electrons. The van der Waals surface area contributed by atoms with Crippen LogP contribution in [-0.2, 0) is 7.05 Å². The van der Waals surface area contributed by atoms with Gasteiger partial charge in [-0.25, -0.2) is 4.79 Å². The number of benzene rings is 2. The molecule has 25 heavy (non-hydrogen) atoms. The van der Waals surface area contributed by atoms with Crippen molar-refractivity contribution in [2.24, 2.45) is 7.05 Å². The number of hydrogen-bond acceptors (Lipinski definition) is 3. The van der Waals surface area contributed by atoms with Gasteiger partial charge < -0.3 is 10.4 Å². The molecule has 3 rings (SSSR count). The average molecular weight is 336 g/mol. The minimum atomic E-state index is -0.531. The number of anilines is 2. The van der Waals surface area contributed by atoms with E-state index in [0.717, 1.165) is 16.9 Å². The summed E-state index contributed by atoms with van der Waals surface area (Å²) in [6, 6.07) is 17.9. The Hall–Kier alpha value is -3.12. The highest BCUT2D eigenvalue weighted by Crippen LogP contribution is 2.25. The van der Waals surface area contributed by atoms with Gasteiger partial charge in [0.15, 0.2) is 0 Å². The predicted molar refractivity (Wildman–Crippen MR) is 96.6 cm³/mol. The molecular formula is C19H20N4O2. The lowest BCUT2D eigenvalue weighted by Crippen LogP contribution is -2.40. The maximum Gasteiger partial charge on any atom is 0.327 e. The molecule has 6 heteroatoms. The molecule has 3 aromatic rings. The molecule has 2 amide bonds. The van der Waals surface area contributed by atoms with E-state index in [1.165, 1.54) is 0 Å². The van der Waals surface area contributed by atoms with Crippen LogP contribution in [0.15, 0.2) is 73.1 Å². The summed E-state index contributed by atoms with van der Waals surface area (Å²) in [6.07, 6.45) is 3.41. The number of aromatic nitrogens is 2. The maximum absolute atomic E-state index is 13.0. The van der Waals surface area contributed by atoms with Crippen molar-refractivity contribution in [2.45, 2.75) is 6.04 Å². The second-order valence-corrected chi connectivity index (χ2v) is 5.64. The van der Waals surface area contributed by atoms with Gasteiger partial charge in [0.05, 0.1) is 30.2 Å². The number of amides is 2. The minimum Gasteiger partial charge on any atom is -0.394 e. The number of aryl methyl sites for hydroxylation is 1. The normalized spacial score (nSPS) is 11.8. The standard InChI is InChI=1S/C19H20N4O2/c1-22-13-15(12-20-22)18(14-24)21-19(25)23(16-8-4-2-5-9-16)17-10-6-3-7-11-17/h2-13,18,24H,14H2,1H3,(H,21,25)/t18-/m1/s1. The summed E-state index contributed by atoms with van der Waals surface area (Å²) < 4.78 is 1.64. The maximum atomic E-state index is 13.0. The third kappa shape index (κ3) is 3.87. The highest BCUT2D eigenvalue weighted by molar-refractivity contribution is 5.99. The zero-order valence-electron chi connectivity index (χ0n) is 13.9. The molecule has 0 aliphatic carbocycles. The molecule has 6 nitrogen and oxygen atoms in total. The SMILES string of the molecule is Cn1cc([C@@H](CO)NC(=O)N(c2ccccc2)c2ccccc2)cn1. The second-order valence-electron chi connectivity index (χ2n) is 5.64. The van der Waals surface area contributed by atoms with Gasteiger partial charge in [0.2, 0.25) is 0 Å². The molecule has 0 spiro atoms. The Labute approximate surface area is 146 Å². The van der Waals surface area contributed by atoms with Crippen molar-refractivity contribution in [3.8, 4) is 0 Å². The smallest absolute Gasteiger partial charge is 0.327 e. The number of carbonyl (C=O) groups excluding carboxylic acids is 1. The quantitative estimate of drug-likeness (QED) is 0.752. The van der Waals surface area contributed by atoms with Gasteiger partial charge >= 0.3 is 6.03 Å². The summed E-state index contributed by atoms with van der Waals surface area (Å²) >= 11 is 0. The highest BCUT2D eigenvalue weighted by Gasteiger charge is 2.22. The largest absolute Gasteiger partial charge is 0.394 e. The molecule has 0 unspecified atom stereocenters. The number of nitrogens with zero attached hydrogens (tertiary/aromatic N) is 3. The summed E-state index contributed by atoms with van der Waals surface area (Å²) in [6.45, 7) is -0.213. The molecule has 0 saturated heterocycles. The van der Waals surface area contributed by atoms with Crippen LogP contribution in [0.2, 0.25) is 0 Å². The molecule has 0 radical (unpaired) electrons. The van der Waals surface area contributed by atoms with Crippen LogP contribution in [0, 0.1) is 0 Å². The van der Waals surface area contributed by atoms with Gasteiger partial charge in [0.1, 0.15) is 0 Å². The van der Waals surface area contributed by atoms with Crippen LogP contribution >= 0.6 is 0 Å². The molecule has 0 bridgehead atoms. The highest BCUT2D eigenvalue weighted by atomic mass is 16.3. The first kappa shape index (κ1) is 16.7. The van der Waals surface area contributed by atoms with Crippen molar-refractivity contribution in [3.63, 3.8) is 0 Å². The lowest BCUT2D eigenvalue weighted by molar-refractivity contribution is 0.223. The molecule has 0 aliphatic heterocycles. The molecule has 0 aliphatic rings. The van der Waals surface area contributed by atoms with Crippen molar-refractivity contribution >= 4 is 17.4 Å². The van der Waals surface area contributed by atoms with E-state index >= 15 is 0 Å². The molecule has 1 atom stereocenters. The number of aliphatic hydroxyl groups is 1. The van der Waals surface area contributed by atoms with Gasteiger partial charge in [-0.15, -0.1) is 0 Å². The minimum absolute atomic E-state index is 0.213. The lowest BCUT2D eigenvalue weighted by atomic mass is 10.2. The molecular weight excluding hydrogens is 316 g/mol. The Morgan fingerprint density at radius 1 is 1.12 bits per heavy atom. The third-order valence-corrected chi connectivity index (χ3v) is 3.84. The van der Waals surface area contributed by atoms with Crippen molar-refractivity contribution in [3.05, 3.63) is 78.6 Å². The Kier molecular flexibility index (Phi) is 5.11. The van der Waals surface area contributed by atoms with E-state index < -0.39 is 6.04 Å². The first-order chi connectivity index (χ1) is 12.2. The number of carbonyl (C=O) groups is 1. The van der Waals surface area contributed by atoms with Gasteiger partial charge in [0, 0.05) is 18.8 Å². The van der Waals surface area contributed by atoms with E-state index in [0.29, 0.717) is 0 Å². The Morgan fingerprint density at radius 3 is 2.12 bits per heavy atom. The number of para-hydroxylation sites is 2. The summed E-state index contributed by atoms with van der Waals surface area (Å²) in [5, 5.41) is 16.7. The monoisotopic (exact) mass is 336 g/mol.